The molecule has 0 bridgehead atoms. The van der Waals surface area contributed by atoms with E-state index in [0.29, 0.717) is 6.07 Å². The smallest absolute Gasteiger partial charge is 0.380 e. The van der Waals surface area contributed by atoms with Crippen molar-refractivity contribution in [1.29, 1.82) is 0 Å². The predicted molar refractivity (Wildman–Crippen MR) is 112 cm³/mol. The second-order valence-electron chi connectivity index (χ2n) is 7.93. The van der Waals surface area contributed by atoms with E-state index in [1.165, 1.54) is 13.0 Å². The predicted octanol–water partition coefficient (Wildman–Crippen LogP) is 6.75. The third-order valence-electron chi connectivity index (χ3n) is 5.47. The van der Waals surface area contributed by atoms with Crippen LogP contribution >= 0.6 is 11.6 Å². The fraction of sp³-hybridized carbons (Fsp3) is 0.364. The number of benzene rings is 2. The van der Waals surface area contributed by atoms with Crippen LogP contribution in [0.25, 0.3) is 0 Å². The first-order valence-corrected chi connectivity index (χ1v) is 11.7. The van der Waals surface area contributed by atoms with Crippen molar-refractivity contribution < 1.29 is 43.7 Å². The molecule has 1 aliphatic rings. The Morgan fingerprint density at radius 3 is 2.29 bits per heavy atom. The Kier molecular flexibility index (Phi) is 7.31. The minimum Gasteiger partial charge on any atom is -0.380 e. The van der Waals surface area contributed by atoms with Crippen molar-refractivity contribution in [2.75, 3.05) is 0 Å². The maximum Gasteiger partial charge on any atom is 0.534 e. The first-order chi connectivity index (χ1) is 15.6. The summed E-state index contributed by atoms with van der Waals surface area (Å²) in [5, 5.41) is -0.609. The average molecular weight is 529 g/mol. The van der Waals surface area contributed by atoms with E-state index in [1.807, 2.05) is 0 Å². The standard InChI is InChI=1S/C22H19ClF6O4S/c1-20(15-7-9-18(23)17(11-15)21(24,25)26)12-16(32-13-14-5-3-2-4-6-14)8-10-19(20)33-34(30,31)22(27,28)29/h2-7,9-11,16H,8,12-13H2,1H3. The molecular formula is C22H19ClF6O4S. The highest BCUT2D eigenvalue weighted by molar-refractivity contribution is 7.87. The molecule has 0 saturated carbocycles. The minimum absolute atomic E-state index is 0.00908. The quantitative estimate of drug-likeness (QED) is 0.236. The van der Waals surface area contributed by atoms with E-state index in [-0.39, 0.29) is 25.0 Å². The van der Waals surface area contributed by atoms with Gasteiger partial charge in [0, 0.05) is 0 Å². The fourth-order valence-electron chi connectivity index (χ4n) is 3.66. The van der Waals surface area contributed by atoms with Gasteiger partial charge >= 0.3 is 21.8 Å². The summed E-state index contributed by atoms with van der Waals surface area (Å²) in [6, 6.07) is 11.8. The molecule has 12 heteroatoms. The Morgan fingerprint density at radius 2 is 1.71 bits per heavy atom. The van der Waals surface area contributed by atoms with E-state index in [1.54, 1.807) is 30.3 Å². The van der Waals surface area contributed by atoms with E-state index in [0.717, 1.165) is 17.7 Å². The Labute approximate surface area is 197 Å². The molecule has 0 aromatic heterocycles. The van der Waals surface area contributed by atoms with Crippen molar-refractivity contribution in [1.82, 2.24) is 0 Å². The number of hydrogen-bond acceptors (Lipinski definition) is 4. The largest absolute Gasteiger partial charge is 0.534 e. The van der Waals surface area contributed by atoms with Gasteiger partial charge in [-0.2, -0.15) is 34.8 Å². The van der Waals surface area contributed by atoms with E-state index in [2.05, 4.69) is 4.18 Å². The molecule has 0 fully saturated rings. The number of alkyl halides is 6. The summed E-state index contributed by atoms with van der Waals surface area (Å²) < 4.78 is 113. The Bertz CT molecular complexity index is 1160. The van der Waals surface area contributed by atoms with Crippen molar-refractivity contribution in [3.8, 4) is 0 Å². The molecule has 0 amide bonds. The van der Waals surface area contributed by atoms with Crippen molar-refractivity contribution in [2.24, 2.45) is 0 Å². The third kappa shape index (κ3) is 5.69. The van der Waals surface area contributed by atoms with Gasteiger partial charge in [0.15, 0.2) is 0 Å². The van der Waals surface area contributed by atoms with Crippen LogP contribution in [0.5, 0.6) is 0 Å². The molecule has 0 radical (unpaired) electrons. The number of halogens is 7. The summed E-state index contributed by atoms with van der Waals surface area (Å²) in [7, 11) is -6.05. The Hall–Kier alpha value is -2.24. The van der Waals surface area contributed by atoms with Gasteiger partial charge in [-0.05, 0) is 49.1 Å². The van der Waals surface area contributed by atoms with Crippen LogP contribution < -0.4 is 0 Å². The van der Waals surface area contributed by atoms with Crippen LogP contribution in [0.4, 0.5) is 26.3 Å². The van der Waals surface area contributed by atoms with Gasteiger partial charge in [-0.25, -0.2) is 0 Å². The first-order valence-electron chi connectivity index (χ1n) is 9.87. The van der Waals surface area contributed by atoms with Crippen LogP contribution in [0, 0.1) is 0 Å². The number of hydrogen-bond donors (Lipinski definition) is 0. The molecular weight excluding hydrogens is 510 g/mol. The van der Waals surface area contributed by atoms with Gasteiger partial charge in [-0.3, -0.25) is 0 Å². The summed E-state index contributed by atoms with van der Waals surface area (Å²) >= 11 is 5.68. The van der Waals surface area contributed by atoms with Crippen LogP contribution in [0.15, 0.2) is 60.4 Å². The second kappa shape index (κ2) is 9.43. The zero-order valence-electron chi connectivity index (χ0n) is 17.6. The summed E-state index contributed by atoms with van der Waals surface area (Å²) in [5.74, 6) is -0.639. The van der Waals surface area contributed by atoms with Crippen molar-refractivity contribution in [2.45, 2.75) is 49.6 Å². The molecule has 0 N–H and O–H groups in total. The Morgan fingerprint density at radius 1 is 1.06 bits per heavy atom. The molecule has 2 unspecified atom stereocenters. The van der Waals surface area contributed by atoms with E-state index < -0.39 is 49.7 Å². The first kappa shape index (κ1) is 26.4. The molecule has 0 spiro atoms. The highest BCUT2D eigenvalue weighted by atomic mass is 35.5. The lowest BCUT2D eigenvalue weighted by atomic mass is 9.72. The number of rotatable bonds is 6. The number of ether oxygens (including phenoxy) is 1. The molecule has 0 heterocycles. The summed E-state index contributed by atoms with van der Waals surface area (Å²) in [6.45, 7) is 1.44. The molecule has 1 aliphatic carbocycles. The molecule has 34 heavy (non-hydrogen) atoms. The molecule has 2 atom stereocenters. The highest BCUT2D eigenvalue weighted by Crippen LogP contribution is 2.46. The molecule has 2 aromatic carbocycles. The SMILES string of the molecule is CC1(c2ccc(Cl)c(C(F)(F)F)c2)CC(OCc2ccccc2)CC=C1OS(=O)(=O)C(F)(F)F. The van der Waals surface area contributed by atoms with Gasteiger partial charge in [0.25, 0.3) is 0 Å². The van der Waals surface area contributed by atoms with Crippen molar-refractivity contribution >= 4 is 21.7 Å². The van der Waals surface area contributed by atoms with Gasteiger partial charge in [0.05, 0.1) is 28.7 Å². The zero-order valence-corrected chi connectivity index (χ0v) is 19.2. The highest BCUT2D eigenvalue weighted by Gasteiger charge is 2.51. The van der Waals surface area contributed by atoms with E-state index in [9.17, 15) is 34.8 Å². The average Bonchev–Trinajstić information content (AvgIpc) is 2.73. The molecule has 0 aliphatic heterocycles. The summed E-state index contributed by atoms with van der Waals surface area (Å²) in [6.07, 6.45) is -4.53. The molecule has 3 rings (SSSR count). The van der Waals surface area contributed by atoms with Gasteiger partial charge in [-0.1, -0.05) is 48.0 Å². The number of allylic oxidation sites excluding steroid dienone is 1. The van der Waals surface area contributed by atoms with E-state index in [4.69, 9.17) is 16.3 Å². The van der Waals surface area contributed by atoms with Crippen LogP contribution in [0.2, 0.25) is 5.02 Å². The Balaban J connectivity index is 2.00. The topological polar surface area (TPSA) is 52.6 Å². The molecule has 4 nitrogen and oxygen atoms in total. The maximum atomic E-state index is 13.4. The van der Waals surface area contributed by atoms with E-state index >= 15 is 0 Å². The van der Waals surface area contributed by atoms with Gasteiger partial charge < -0.3 is 8.92 Å². The van der Waals surface area contributed by atoms with Crippen LogP contribution in [0.3, 0.4) is 0 Å². The molecule has 0 saturated heterocycles. The summed E-state index contributed by atoms with van der Waals surface area (Å²) in [4.78, 5) is 0. The van der Waals surface area contributed by atoms with Gasteiger partial charge in [-0.15, -0.1) is 0 Å². The fourth-order valence-corrected chi connectivity index (χ4v) is 4.46. The van der Waals surface area contributed by atoms with Gasteiger partial charge in [0.2, 0.25) is 0 Å². The molecule has 186 valence electrons. The van der Waals surface area contributed by atoms with Crippen LogP contribution in [0.1, 0.15) is 36.5 Å². The van der Waals surface area contributed by atoms with Crippen LogP contribution in [-0.2, 0) is 37.2 Å². The van der Waals surface area contributed by atoms with Gasteiger partial charge in [0.1, 0.15) is 5.76 Å². The normalized spacial score (nSPS) is 21.8. The van der Waals surface area contributed by atoms with Crippen LogP contribution in [-0.4, -0.2) is 20.0 Å². The van der Waals surface area contributed by atoms with Crippen molar-refractivity contribution in [3.05, 3.63) is 82.1 Å². The monoisotopic (exact) mass is 528 g/mol. The third-order valence-corrected chi connectivity index (χ3v) is 6.76. The van der Waals surface area contributed by atoms with Crippen molar-refractivity contribution in [3.63, 3.8) is 0 Å². The zero-order chi connectivity index (χ0) is 25.4. The summed E-state index contributed by atoms with van der Waals surface area (Å²) in [5.41, 5.74) is -7.94. The molecule has 2 aromatic rings. The maximum absolute atomic E-state index is 13.4. The lowest BCUT2D eigenvalue weighted by molar-refractivity contribution is -0.137. The minimum atomic E-state index is -6.05. The lowest BCUT2D eigenvalue weighted by Gasteiger charge is -2.38. The lowest BCUT2D eigenvalue weighted by Crippen LogP contribution is -2.38. The second-order valence-corrected chi connectivity index (χ2v) is 9.88.